The Bertz CT molecular complexity index is 387. The molecule has 0 spiro atoms. The van der Waals surface area contributed by atoms with Gasteiger partial charge in [0.2, 0.25) is 10.0 Å². The van der Waals surface area contributed by atoms with Gasteiger partial charge in [-0.25, -0.2) is 16.8 Å². The SMILES string of the molecule is CC(C)N(CCCl)S(=O)(=O)CS(C)(=O)=O. The van der Waals surface area contributed by atoms with Crippen molar-refractivity contribution in [3.8, 4) is 0 Å². The topological polar surface area (TPSA) is 71.5 Å². The van der Waals surface area contributed by atoms with Crippen molar-refractivity contribution < 1.29 is 16.8 Å². The van der Waals surface area contributed by atoms with Gasteiger partial charge in [-0.05, 0) is 13.8 Å². The van der Waals surface area contributed by atoms with Crippen molar-refractivity contribution in [1.82, 2.24) is 4.31 Å². The summed E-state index contributed by atoms with van der Waals surface area (Å²) in [4.78, 5) is 0. The molecule has 0 N–H and O–H groups in total. The maximum absolute atomic E-state index is 11.7. The zero-order valence-electron chi connectivity index (χ0n) is 8.97. The zero-order chi connectivity index (χ0) is 12.3. The molecule has 15 heavy (non-hydrogen) atoms. The van der Waals surface area contributed by atoms with E-state index in [2.05, 4.69) is 0 Å². The number of rotatable bonds is 6. The molecule has 8 heteroatoms. The van der Waals surface area contributed by atoms with Crippen LogP contribution in [0.25, 0.3) is 0 Å². The Hall–Kier alpha value is 0.150. The number of alkyl halides is 1. The quantitative estimate of drug-likeness (QED) is 0.653. The summed E-state index contributed by atoms with van der Waals surface area (Å²) in [6, 6.07) is -0.296. The lowest BCUT2D eigenvalue weighted by atomic mass is 10.4. The monoisotopic (exact) mass is 277 g/mol. The van der Waals surface area contributed by atoms with Crippen molar-refractivity contribution in [3.63, 3.8) is 0 Å². The standard InChI is InChI=1S/C7H16ClNO4S2/c1-7(2)9(5-4-8)15(12,13)6-14(3,10)11/h7H,4-6H2,1-3H3. The van der Waals surface area contributed by atoms with Gasteiger partial charge in [0, 0.05) is 24.7 Å². The van der Waals surface area contributed by atoms with Crippen LogP contribution < -0.4 is 0 Å². The Kier molecular flexibility index (Phi) is 5.52. The van der Waals surface area contributed by atoms with E-state index in [0.717, 1.165) is 10.6 Å². The van der Waals surface area contributed by atoms with Crippen LogP contribution in [0.3, 0.4) is 0 Å². The molecule has 0 rings (SSSR count). The van der Waals surface area contributed by atoms with E-state index in [1.54, 1.807) is 13.8 Å². The van der Waals surface area contributed by atoms with E-state index in [9.17, 15) is 16.8 Å². The molecule has 0 saturated carbocycles. The fourth-order valence-corrected chi connectivity index (χ4v) is 5.14. The molecule has 0 amide bonds. The van der Waals surface area contributed by atoms with Gasteiger partial charge in [-0.15, -0.1) is 11.6 Å². The highest BCUT2D eigenvalue weighted by atomic mass is 35.5. The van der Waals surface area contributed by atoms with Gasteiger partial charge in [-0.1, -0.05) is 0 Å². The third-order valence-electron chi connectivity index (χ3n) is 1.60. The second-order valence-electron chi connectivity index (χ2n) is 3.55. The van der Waals surface area contributed by atoms with Crippen molar-refractivity contribution in [2.75, 3.05) is 23.8 Å². The highest BCUT2D eigenvalue weighted by Gasteiger charge is 2.28. The van der Waals surface area contributed by atoms with Crippen LogP contribution in [0, 0.1) is 0 Å². The smallest absolute Gasteiger partial charge is 0.228 e. The van der Waals surface area contributed by atoms with Gasteiger partial charge in [-0.3, -0.25) is 0 Å². The number of sulfone groups is 1. The Morgan fingerprint density at radius 2 is 1.67 bits per heavy atom. The molecule has 0 aromatic rings. The first-order valence-corrected chi connectivity index (χ1v) is 8.54. The number of hydrogen-bond donors (Lipinski definition) is 0. The summed E-state index contributed by atoms with van der Waals surface area (Å²) in [6.45, 7) is 3.47. The van der Waals surface area contributed by atoms with E-state index in [-0.39, 0.29) is 18.5 Å². The second kappa shape index (κ2) is 5.47. The molecule has 0 fully saturated rings. The molecule has 0 aliphatic heterocycles. The van der Waals surface area contributed by atoms with Gasteiger partial charge in [0.25, 0.3) is 0 Å². The lowest BCUT2D eigenvalue weighted by molar-refractivity contribution is 0.373. The molecule has 0 aromatic carbocycles. The van der Waals surface area contributed by atoms with Crippen molar-refractivity contribution in [2.24, 2.45) is 0 Å². The molecule has 5 nitrogen and oxygen atoms in total. The molecule has 92 valence electrons. The summed E-state index contributed by atoms with van der Waals surface area (Å²) in [6.07, 6.45) is 0.893. The molecule has 0 radical (unpaired) electrons. The summed E-state index contributed by atoms with van der Waals surface area (Å²) >= 11 is 5.46. The van der Waals surface area contributed by atoms with E-state index in [4.69, 9.17) is 11.6 Å². The summed E-state index contributed by atoms with van der Waals surface area (Å²) in [7, 11) is -7.33. The Morgan fingerprint density at radius 1 is 1.20 bits per heavy atom. The molecule has 0 aromatic heterocycles. The molecule has 0 saturated heterocycles. The van der Waals surface area contributed by atoms with Crippen molar-refractivity contribution in [1.29, 1.82) is 0 Å². The van der Waals surface area contributed by atoms with Crippen LogP contribution in [-0.4, -0.2) is 50.9 Å². The maximum atomic E-state index is 11.7. The molecule has 0 heterocycles. The molecular formula is C7H16ClNO4S2. The van der Waals surface area contributed by atoms with Crippen LogP contribution in [0.15, 0.2) is 0 Å². The first kappa shape index (κ1) is 15.2. The summed E-state index contributed by atoms with van der Waals surface area (Å²) in [5.41, 5.74) is 0. The first-order valence-electron chi connectivity index (χ1n) is 4.33. The Labute approximate surface area is 96.4 Å². The number of halogens is 1. The van der Waals surface area contributed by atoms with Gasteiger partial charge in [0.1, 0.15) is 0 Å². The van der Waals surface area contributed by atoms with Crippen LogP contribution in [0.5, 0.6) is 0 Å². The van der Waals surface area contributed by atoms with Crippen LogP contribution in [0.4, 0.5) is 0 Å². The van der Waals surface area contributed by atoms with Crippen LogP contribution in [0.2, 0.25) is 0 Å². The van der Waals surface area contributed by atoms with Crippen LogP contribution in [-0.2, 0) is 19.9 Å². The van der Waals surface area contributed by atoms with E-state index >= 15 is 0 Å². The van der Waals surface area contributed by atoms with Crippen LogP contribution >= 0.6 is 11.6 Å². The lowest BCUT2D eigenvalue weighted by Gasteiger charge is -2.24. The molecule has 0 unspecified atom stereocenters. The van der Waals surface area contributed by atoms with E-state index in [0.29, 0.717) is 0 Å². The van der Waals surface area contributed by atoms with E-state index in [1.807, 2.05) is 0 Å². The minimum Gasteiger partial charge on any atom is -0.228 e. The second-order valence-corrected chi connectivity index (χ2v) is 8.35. The third-order valence-corrected chi connectivity index (χ3v) is 5.99. The molecular weight excluding hydrogens is 262 g/mol. The van der Waals surface area contributed by atoms with Gasteiger partial charge in [0.05, 0.1) is 0 Å². The average Bonchev–Trinajstić information content (AvgIpc) is 1.93. The van der Waals surface area contributed by atoms with Gasteiger partial charge < -0.3 is 0 Å². The molecule has 0 aliphatic carbocycles. The number of nitrogens with zero attached hydrogens (tertiary/aromatic N) is 1. The lowest BCUT2D eigenvalue weighted by Crippen LogP contribution is -2.41. The number of sulfonamides is 1. The predicted octanol–water partition coefficient (Wildman–Crippen LogP) is 0.268. The largest absolute Gasteiger partial charge is 0.228 e. The highest BCUT2D eigenvalue weighted by molar-refractivity contribution is 8.06. The zero-order valence-corrected chi connectivity index (χ0v) is 11.4. The van der Waals surface area contributed by atoms with Gasteiger partial charge in [-0.2, -0.15) is 4.31 Å². The van der Waals surface area contributed by atoms with Gasteiger partial charge in [0.15, 0.2) is 14.9 Å². The fourth-order valence-electron chi connectivity index (χ4n) is 1.14. The number of hydrogen-bond acceptors (Lipinski definition) is 4. The average molecular weight is 278 g/mol. The van der Waals surface area contributed by atoms with E-state index < -0.39 is 24.9 Å². The Balaban J connectivity index is 4.97. The molecule has 0 aliphatic rings. The predicted molar refractivity (Wildman–Crippen MR) is 61.2 cm³/mol. The minimum atomic E-state index is -3.78. The highest BCUT2D eigenvalue weighted by Crippen LogP contribution is 2.09. The fraction of sp³-hybridized carbons (Fsp3) is 1.00. The van der Waals surface area contributed by atoms with Gasteiger partial charge >= 0.3 is 0 Å². The van der Waals surface area contributed by atoms with E-state index in [1.165, 1.54) is 0 Å². The van der Waals surface area contributed by atoms with Crippen molar-refractivity contribution >= 4 is 31.5 Å². The van der Waals surface area contributed by atoms with Crippen LogP contribution in [0.1, 0.15) is 13.8 Å². The summed E-state index contributed by atoms with van der Waals surface area (Å²) < 4.78 is 46.3. The maximum Gasteiger partial charge on any atom is 0.228 e. The first-order chi connectivity index (χ1) is 6.60. The molecule has 0 bridgehead atoms. The third kappa shape index (κ3) is 5.70. The van der Waals surface area contributed by atoms with Crippen molar-refractivity contribution in [2.45, 2.75) is 19.9 Å². The molecule has 0 atom stereocenters. The Morgan fingerprint density at radius 3 is 1.93 bits per heavy atom. The summed E-state index contributed by atoms with van der Waals surface area (Å²) in [5.74, 6) is 0.140. The normalized spacial score (nSPS) is 13.7. The minimum absolute atomic E-state index is 0.122. The summed E-state index contributed by atoms with van der Waals surface area (Å²) in [5, 5.41) is -0.866. The van der Waals surface area contributed by atoms with Crippen molar-refractivity contribution in [3.05, 3.63) is 0 Å².